The number of rotatable bonds is 6. The first kappa shape index (κ1) is 18.1. The molecule has 2 N–H and O–H groups in total. The number of methoxy groups -OCH3 is 3. The Kier molecular flexibility index (Phi) is 5.84. The molecule has 0 saturated heterocycles. The molecule has 25 heavy (non-hydrogen) atoms. The van der Waals surface area contributed by atoms with Crippen LogP contribution in [0.5, 0.6) is 17.2 Å². The highest BCUT2D eigenvalue weighted by molar-refractivity contribution is 6.06. The third-order valence-electron chi connectivity index (χ3n) is 3.43. The molecule has 0 aliphatic carbocycles. The SMILES string of the molecule is COc1ccc(C(=O)Nc2cc(NC(C)=O)c(OC)cc2OC)cc1. The average Bonchev–Trinajstić information content (AvgIpc) is 2.61. The molecule has 2 amide bonds. The van der Waals surface area contributed by atoms with Gasteiger partial charge < -0.3 is 24.8 Å². The van der Waals surface area contributed by atoms with E-state index in [1.54, 1.807) is 43.5 Å². The van der Waals surface area contributed by atoms with Crippen molar-refractivity contribution in [2.75, 3.05) is 32.0 Å². The number of nitrogens with one attached hydrogen (secondary N) is 2. The lowest BCUT2D eigenvalue weighted by atomic mass is 10.2. The fraction of sp³-hybridized carbons (Fsp3) is 0.222. The van der Waals surface area contributed by atoms with E-state index < -0.39 is 0 Å². The lowest BCUT2D eigenvalue weighted by molar-refractivity contribution is -0.114. The predicted molar refractivity (Wildman–Crippen MR) is 94.8 cm³/mol. The Labute approximate surface area is 145 Å². The monoisotopic (exact) mass is 344 g/mol. The highest BCUT2D eigenvalue weighted by atomic mass is 16.5. The minimum Gasteiger partial charge on any atom is -0.497 e. The van der Waals surface area contributed by atoms with Gasteiger partial charge >= 0.3 is 0 Å². The highest BCUT2D eigenvalue weighted by Gasteiger charge is 2.15. The number of ether oxygens (including phenoxy) is 3. The maximum absolute atomic E-state index is 12.4. The fourth-order valence-electron chi connectivity index (χ4n) is 2.22. The van der Waals surface area contributed by atoms with Crippen LogP contribution in [0, 0.1) is 0 Å². The van der Waals surface area contributed by atoms with E-state index >= 15 is 0 Å². The molecule has 0 atom stereocenters. The number of hydrogen-bond donors (Lipinski definition) is 2. The highest BCUT2D eigenvalue weighted by Crippen LogP contribution is 2.36. The molecule has 0 radical (unpaired) electrons. The van der Waals surface area contributed by atoms with Gasteiger partial charge in [0.2, 0.25) is 5.91 Å². The summed E-state index contributed by atoms with van der Waals surface area (Å²) in [7, 11) is 4.52. The first-order valence-corrected chi connectivity index (χ1v) is 7.47. The van der Waals surface area contributed by atoms with E-state index in [2.05, 4.69) is 10.6 Å². The van der Waals surface area contributed by atoms with Gasteiger partial charge in [0, 0.05) is 18.6 Å². The summed E-state index contributed by atoms with van der Waals surface area (Å²) in [6.07, 6.45) is 0. The minimum absolute atomic E-state index is 0.254. The van der Waals surface area contributed by atoms with Crippen molar-refractivity contribution < 1.29 is 23.8 Å². The van der Waals surface area contributed by atoms with Gasteiger partial charge in [-0.25, -0.2) is 0 Å². The Morgan fingerprint density at radius 3 is 1.84 bits per heavy atom. The first-order chi connectivity index (χ1) is 12.0. The van der Waals surface area contributed by atoms with Crippen LogP contribution >= 0.6 is 0 Å². The van der Waals surface area contributed by atoms with Gasteiger partial charge in [-0.3, -0.25) is 9.59 Å². The molecular formula is C18H20N2O5. The number of carbonyl (C=O) groups is 2. The van der Waals surface area contributed by atoms with Crippen LogP contribution in [0.25, 0.3) is 0 Å². The number of carbonyl (C=O) groups excluding carboxylic acids is 2. The fourth-order valence-corrected chi connectivity index (χ4v) is 2.22. The summed E-state index contributed by atoms with van der Waals surface area (Å²) in [5, 5.41) is 5.43. The molecule has 2 aromatic carbocycles. The molecule has 2 aromatic rings. The number of amides is 2. The van der Waals surface area contributed by atoms with Crippen LogP contribution in [0.2, 0.25) is 0 Å². The maximum Gasteiger partial charge on any atom is 0.255 e. The summed E-state index contributed by atoms with van der Waals surface area (Å²) in [5.41, 5.74) is 1.30. The zero-order valence-electron chi connectivity index (χ0n) is 14.5. The summed E-state index contributed by atoms with van der Waals surface area (Å²) in [6.45, 7) is 1.39. The molecule has 0 bridgehead atoms. The molecule has 0 spiro atoms. The van der Waals surface area contributed by atoms with Crippen molar-refractivity contribution in [1.29, 1.82) is 0 Å². The van der Waals surface area contributed by atoms with Gasteiger partial charge in [-0.05, 0) is 30.3 Å². The second-order valence-electron chi connectivity index (χ2n) is 5.12. The van der Waals surface area contributed by atoms with Crippen molar-refractivity contribution in [2.45, 2.75) is 6.92 Å². The Hall–Kier alpha value is -3.22. The van der Waals surface area contributed by atoms with Crippen LogP contribution in [-0.2, 0) is 4.79 Å². The van der Waals surface area contributed by atoms with Crippen molar-refractivity contribution >= 4 is 23.2 Å². The van der Waals surface area contributed by atoms with E-state index in [1.807, 2.05) is 0 Å². The normalized spacial score (nSPS) is 9.92. The van der Waals surface area contributed by atoms with E-state index in [1.165, 1.54) is 21.1 Å². The van der Waals surface area contributed by atoms with E-state index in [4.69, 9.17) is 14.2 Å². The van der Waals surface area contributed by atoms with Crippen LogP contribution in [-0.4, -0.2) is 33.1 Å². The molecule has 2 rings (SSSR count). The molecule has 0 fully saturated rings. The number of hydrogen-bond acceptors (Lipinski definition) is 5. The summed E-state index contributed by atoms with van der Waals surface area (Å²) in [6, 6.07) is 9.87. The second kappa shape index (κ2) is 8.05. The van der Waals surface area contributed by atoms with Gasteiger partial charge in [-0.15, -0.1) is 0 Å². The van der Waals surface area contributed by atoms with E-state index in [9.17, 15) is 9.59 Å². The Bertz CT molecular complexity index is 772. The first-order valence-electron chi connectivity index (χ1n) is 7.47. The molecule has 0 aliphatic heterocycles. The predicted octanol–water partition coefficient (Wildman–Crippen LogP) is 2.92. The Morgan fingerprint density at radius 1 is 0.800 bits per heavy atom. The van der Waals surface area contributed by atoms with Gasteiger partial charge in [-0.1, -0.05) is 0 Å². The van der Waals surface area contributed by atoms with Crippen LogP contribution in [0.4, 0.5) is 11.4 Å². The average molecular weight is 344 g/mol. The van der Waals surface area contributed by atoms with E-state index in [-0.39, 0.29) is 11.8 Å². The summed E-state index contributed by atoms with van der Waals surface area (Å²) < 4.78 is 15.6. The summed E-state index contributed by atoms with van der Waals surface area (Å²) in [5.74, 6) is 0.921. The molecule has 0 aliphatic rings. The van der Waals surface area contributed by atoms with Crippen molar-refractivity contribution in [3.63, 3.8) is 0 Å². The Balaban J connectivity index is 2.32. The van der Waals surface area contributed by atoms with Crippen LogP contribution in [0.1, 0.15) is 17.3 Å². The van der Waals surface area contributed by atoms with Crippen molar-refractivity contribution in [3.05, 3.63) is 42.0 Å². The van der Waals surface area contributed by atoms with Gasteiger partial charge in [0.15, 0.2) is 0 Å². The largest absolute Gasteiger partial charge is 0.497 e. The van der Waals surface area contributed by atoms with Crippen LogP contribution in [0.3, 0.4) is 0 Å². The molecule has 132 valence electrons. The standard InChI is InChI=1S/C18H20N2O5/c1-11(21)19-14-9-15(17(25-4)10-16(14)24-3)20-18(22)12-5-7-13(23-2)8-6-12/h5-10H,1-4H3,(H,19,21)(H,20,22). The number of anilines is 2. The zero-order chi connectivity index (χ0) is 18.4. The molecule has 0 unspecified atom stereocenters. The molecule has 7 nitrogen and oxygen atoms in total. The number of benzene rings is 2. The Morgan fingerprint density at radius 2 is 1.36 bits per heavy atom. The lowest BCUT2D eigenvalue weighted by Gasteiger charge is -2.15. The third-order valence-corrected chi connectivity index (χ3v) is 3.43. The van der Waals surface area contributed by atoms with Crippen molar-refractivity contribution in [1.82, 2.24) is 0 Å². The zero-order valence-corrected chi connectivity index (χ0v) is 14.5. The molecule has 7 heteroatoms. The molecule has 0 saturated carbocycles. The van der Waals surface area contributed by atoms with Gasteiger partial charge in [0.1, 0.15) is 17.2 Å². The topological polar surface area (TPSA) is 85.9 Å². The van der Waals surface area contributed by atoms with E-state index in [0.717, 1.165) is 0 Å². The quantitative estimate of drug-likeness (QED) is 0.841. The third kappa shape index (κ3) is 4.41. The van der Waals surface area contributed by atoms with Crippen molar-refractivity contribution in [2.24, 2.45) is 0 Å². The smallest absolute Gasteiger partial charge is 0.255 e. The van der Waals surface area contributed by atoms with Crippen LogP contribution in [0.15, 0.2) is 36.4 Å². The summed E-state index contributed by atoms with van der Waals surface area (Å²) in [4.78, 5) is 23.8. The van der Waals surface area contributed by atoms with Crippen molar-refractivity contribution in [3.8, 4) is 17.2 Å². The van der Waals surface area contributed by atoms with Gasteiger partial charge in [0.05, 0.1) is 32.7 Å². The summed E-state index contributed by atoms with van der Waals surface area (Å²) >= 11 is 0. The van der Waals surface area contributed by atoms with E-state index in [0.29, 0.717) is 34.2 Å². The molecule has 0 heterocycles. The maximum atomic E-state index is 12.4. The lowest BCUT2D eigenvalue weighted by Crippen LogP contribution is -2.14. The minimum atomic E-state index is -0.320. The van der Waals surface area contributed by atoms with Gasteiger partial charge in [0.25, 0.3) is 5.91 Å². The van der Waals surface area contributed by atoms with Crippen LogP contribution < -0.4 is 24.8 Å². The molecular weight excluding hydrogens is 324 g/mol. The van der Waals surface area contributed by atoms with Gasteiger partial charge in [-0.2, -0.15) is 0 Å². The second-order valence-corrected chi connectivity index (χ2v) is 5.12. The molecule has 0 aromatic heterocycles.